The van der Waals surface area contributed by atoms with Crippen molar-refractivity contribution >= 4 is 23.4 Å². The lowest BCUT2D eigenvalue weighted by molar-refractivity contribution is -0.138. The van der Waals surface area contributed by atoms with Gasteiger partial charge in [0.1, 0.15) is 0 Å². The van der Waals surface area contributed by atoms with Gasteiger partial charge in [0.25, 0.3) is 0 Å². The minimum absolute atomic E-state index is 0.0889. The highest BCUT2D eigenvalue weighted by molar-refractivity contribution is 6.34. The highest BCUT2D eigenvalue weighted by atomic mass is 35.5. The second kappa shape index (κ2) is 5.80. The minimum atomic E-state index is -0.809. The number of aryl methyl sites for hydroxylation is 1. The summed E-state index contributed by atoms with van der Waals surface area (Å²) in [6.45, 7) is 0. The van der Waals surface area contributed by atoms with E-state index >= 15 is 0 Å². The topological polar surface area (TPSA) is 54.4 Å². The molecule has 1 unspecified atom stereocenters. The van der Waals surface area contributed by atoms with Crippen molar-refractivity contribution in [1.29, 1.82) is 0 Å². The number of hydrogen-bond acceptors (Lipinski definition) is 2. The maximum atomic E-state index is 12.6. The summed E-state index contributed by atoms with van der Waals surface area (Å²) in [5, 5.41) is 9.64. The number of carboxylic acid groups (broad SMARTS) is 1. The molecule has 3 nitrogen and oxygen atoms in total. The monoisotopic (exact) mass is 306 g/mol. The van der Waals surface area contributed by atoms with E-state index in [-0.39, 0.29) is 11.7 Å². The van der Waals surface area contributed by atoms with Gasteiger partial charge in [0.05, 0.1) is 10.9 Å². The maximum Gasteiger partial charge on any atom is 0.310 e. The number of ketones is 1. The van der Waals surface area contributed by atoms with Gasteiger partial charge in [0, 0.05) is 11.5 Å². The van der Waals surface area contributed by atoms with Gasteiger partial charge in [-0.2, -0.15) is 0 Å². The summed E-state index contributed by atoms with van der Waals surface area (Å²) in [5.41, 5.74) is 2.35. The number of fused-ring (bicyclic) bond motifs is 1. The molecule has 2 aliphatic carbocycles. The molecule has 0 saturated heterocycles. The Bertz CT molecular complexity index is 588. The molecular weight excluding hydrogens is 288 g/mol. The fraction of sp³-hybridized carbons (Fsp3) is 0.529. The number of Topliss-reactive ketones (excluding diaryl/α,β-unsaturated/α-hetero) is 1. The Morgan fingerprint density at radius 2 is 1.81 bits per heavy atom. The van der Waals surface area contributed by atoms with Gasteiger partial charge in [-0.1, -0.05) is 30.9 Å². The zero-order valence-electron chi connectivity index (χ0n) is 11.9. The van der Waals surface area contributed by atoms with Crippen LogP contribution in [0.4, 0.5) is 0 Å². The Kier molecular flexibility index (Phi) is 4.03. The van der Waals surface area contributed by atoms with Crippen molar-refractivity contribution in [2.24, 2.45) is 5.92 Å². The fourth-order valence-electron chi connectivity index (χ4n) is 3.66. The smallest absolute Gasteiger partial charge is 0.310 e. The lowest BCUT2D eigenvalue weighted by Crippen LogP contribution is -2.18. The van der Waals surface area contributed by atoms with Crippen LogP contribution >= 0.6 is 11.6 Å². The first-order chi connectivity index (χ1) is 10.1. The predicted octanol–water partition coefficient (Wildman–Crippen LogP) is 4.22. The lowest BCUT2D eigenvalue weighted by atomic mass is 9.83. The Labute approximate surface area is 129 Å². The van der Waals surface area contributed by atoms with Crippen molar-refractivity contribution in [3.63, 3.8) is 0 Å². The second-order valence-corrected chi connectivity index (χ2v) is 6.57. The third kappa shape index (κ3) is 2.71. The summed E-state index contributed by atoms with van der Waals surface area (Å²) >= 11 is 6.28. The van der Waals surface area contributed by atoms with E-state index in [9.17, 15) is 14.7 Å². The Morgan fingerprint density at radius 3 is 2.48 bits per heavy atom. The van der Waals surface area contributed by atoms with Gasteiger partial charge in [0.2, 0.25) is 0 Å². The first kappa shape index (κ1) is 14.6. The molecule has 1 aromatic rings. The third-order valence-electron chi connectivity index (χ3n) is 4.85. The summed E-state index contributed by atoms with van der Waals surface area (Å²) in [5.74, 6) is -1.06. The predicted molar refractivity (Wildman–Crippen MR) is 81.1 cm³/mol. The average Bonchev–Trinajstić information content (AvgIpc) is 2.89. The Balaban J connectivity index is 1.91. The van der Waals surface area contributed by atoms with E-state index in [1.165, 1.54) is 6.42 Å². The molecule has 2 aliphatic rings. The summed E-state index contributed by atoms with van der Waals surface area (Å²) in [6.07, 6.45) is 6.65. The Hall–Kier alpha value is -1.35. The minimum Gasteiger partial charge on any atom is -0.481 e. The molecule has 1 fully saturated rings. The van der Waals surface area contributed by atoms with Gasteiger partial charge in [0.15, 0.2) is 5.78 Å². The molecule has 3 rings (SSSR count). The van der Waals surface area contributed by atoms with E-state index in [0.29, 0.717) is 23.4 Å². The number of benzene rings is 1. The van der Waals surface area contributed by atoms with E-state index in [1.54, 1.807) is 6.07 Å². The van der Waals surface area contributed by atoms with Crippen LogP contribution in [0.15, 0.2) is 12.1 Å². The standard InChI is InChI=1S/C17H19ClO3/c18-15-9-13-11(6-7-12(13)17(20)21)8-14(15)16(19)10-4-2-1-3-5-10/h8-10,12H,1-7H2,(H,20,21). The SMILES string of the molecule is O=C(c1cc2c(cc1Cl)C(C(=O)O)CC2)C1CCCCC1. The molecule has 1 aromatic carbocycles. The van der Waals surface area contributed by atoms with Crippen molar-refractivity contribution in [3.05, 3.63) is 33.8 Å². The second-order valence-electron chi connectivity index (χ2n) is 6.16. The number of aliphatic carboxylic acids is 1. The van der Waals surface area contributed by atoms with Crippen LogP contribution in [0.5, 0.6) is 0 Å². The van der Waals surface area contributed by atoms with Crippen LogP contribution in [0.25, 0.3) is 0 Å². The molecule has 1 saturated carbocycles. The van der Waals surface area contributed by atoms with Crippen LogP contribution in [0.2, 0.25) is 5.02 Å². The summed E-state index contributed by atoms with van der Waals surface area (Å²) in [6, 6.07) is 3.55. The molecule has 21 heavy (non-hydrogen) atoms. The van der Waals surface area contributed by atoms with Crippen LogP contribution in [-0.4, -0.2) is 16.9 Å². The largest absolute Gasteiger partial charge is 0.481 e. The quantitative estimate of drug-likeness (QED) is 0.851. The van der Waals surface area contributed by atoms with Crippen molar-refractivity contribution in [1.82, 2.24) is 0 Å². The van der Waals surface area contributed by atoms with Crippen LogP contribution in [0.1, 0.15) is 65.9 Å². The molecule has 4 heteroatoms. The molecule has 0 radical (unpaired) electrons. The number of carbonyl (C=O) groups is 2. The molecule has 0 bridgehead atoms. The van der Waals surface area contributed by atoms with E-state index in [1.807, 2.05) is 6.07 Å². The van der Waals surface area contributed by atoms with Gasteiger partial charge in [-0.25, -0.2) is 0 Å². The summed E-state index contributed by atoms with van der Waals surface area (Å²) < 4.78 is 0. The molecule has 0 heterocycles. The van der Waals surface area contributed by atoms with Gasteiger partial charge < -0.3 is 5.11 Å². The number of carbonyl (C=O) groups excluding carboxylic acids is 1. The Morgan fingerprint density at radius 1 is 1.10 bits per heavy atom. The molecule has 0 aromatic heterocycles. The molecule has 1 N–H and O–H groups in total. The number of halogens is 1. The van der Waals surface area contributed by atoms with Crippen molar-refractivity contribution in [2.45, 2.75) is 50.9 Å². The van der Waals surface area contributed by atoms with Gasteiger partial charge in [-0.15, -0.1) is 0 Å². The summed E-state index contributed by atoms with van der Waals surface area (Å²) in [4.78, 5) is 23.9. The molecule has 0 spiro atoms. The highest BCUT2D eigenvalue weighted by Gasteiger charge is 2.31. The van der Waals surface area contributed by atoms with E-state index in [2.05, 4.69) is 0 Å². The van der Waals surface area contributed by atoms with Gasteiger partial charge in [-0.3, -0.25) is 9.59 Å². The van der Waals surface area contributed by atoms with Crippen LogP contribution < -0.4 is 0 Å². The van der Waals surface area contributed by atoms with Crippen molar-refractivity contribution < 1.29 is 14.7 Å². The van der Waals surface area contributed by atoms with Gasteiger partial charge in [-0.05, 0) is 48.9 Å². The van der Waals surface area contributed by atoms with Crippen molar-refractivity contribution in [3.8, 4) is 0 Å². The number of carboxylic acids is 1. The number of hydrogen-bond donors (Lipinski definition) is 1. The molecular formula is C17H19ClO3. The zero-order valence-corrected chi connectivity index (χ0v) is 12.7. The molecule has 1 atom stereocenters. The lowest BCUT2D eigenvalue weighted by Gasteiger charge is -2.21. The molecule has 0 amide bonds. The fourth-order valence-corrected chi connectivity index (χ4v) is 3.92. The maximum absolute atomic E-state index is 12.6. The molecule has 112 valence electrons. The van der Waals surface area contributed by atoms with Gasteiger partial charge >= 0.3 is 5.97 Å². The first-order valence-corrected chi connectivity index (χ1v) is 8.05. The zero-order chi connectivity index (χ0) is 15.0. The van der Waals surface area contributed by atoms with Crippen LogP contribution in [0.3, 0.4) is 0 Å². The normalized spacial score (nSPS) is 22.0. The van der Waals surface area contributed by atoms with E-state index < -0.39 is 11.9 Å². The van der Waals surface area contributed by atoms with Crippen molar-refractivity contribution in [2.75, 3.05) is 0 Å². The van der Waals surface area contributed by atoms with E-state index in [0.717, 1.165) is 36.8 Å². The highest BCUT2D eigenvalue weighted by Crippen LogP contribution is 2.38. The van der Waals surface area contributed by atoms with Crippen LogP contribution in [-0.2, 0) is 11.2 Å². The number of rotatable bonds is 3. The third-order valence-corrected chi connectivity index (χ3v) is 5.16. The summed E-state index contributed by atoms with van der Waals surface area (Å²) in [7, 11) is 0. The van der Waals surface area contributed by atoms with Crippen LogP contribution in [0, 0.1) is 5.92 Å². The molecule has 0 aliphatic heterocycles. The first-order valence-electron chi connectivity index (χ1n) is 7.67. The average molecular weight is 307 g/mol. The van der Waals surface area contributed by atoms with E-state index in [4.69, 9.17) is 11.6 Å².